The van der Waals surface area contributed by atoms with Crippen LogP contribution in [0.1, 0.15) is 31.7 Å². The van der Waals surface area contributed by atoms with Gasteiger partial charge in [-0.25, -0.2) is 9.98 Å². The molecule has 1 unspecified atom stereocenters. The molecule has 8 heteroatoms. The summed E-state index contributed by atoms with van der Waals surface area (Å²) >= 11 is 0. The van der Waals surface area contributed by atoms with Crippen molar-refractivity contribution in [1.82, 2.24) is 15.2 Å². The number of pyridine rings is 1. The number of carbonyl (C=O) groups excluding carboxylic acids is 1. The topological polar surface area (TPSA) is 92.8 Å². The van der Waals surface area contributed by atoms with E-state index in [1.165, 1.54) is 0 Å². The number of nitrogens with one attached hydrogen (secondary N) is 1. The summed E-state index contributed by atoms with van der Waals surface area (Å²) in [5.41, 5.74) is 6.37. The first-order chi connectivity index (χ1) is 11.6. The van der Waals surface area contributed by atoms with Crippen molar-refractivity contribution in [1.29, 1.82) is 0 Å². The van der Waals surface area contributed by atoms with Gasteiger partial charge in [-0.1, -0.05) is 6.07 Å². The van der Waals surface area contributed by atoms with Crippen molar-refractivity contribution >= 4 is 35.8 Å². The van der Waals surface area contributed by atoms with E-state index in [0.29, 0.717) is 24.8 Å². The minimum absolute atomic E-state index is 0. The molecule has 1 fully saturated rings. The Labute approximate surface area is 166 Å². The summed E-state index contributed by atoms with van der Waals surface area (Å²) in [6.45, 7) is 5.17. The third kappa shape index (κ3) is 7.05. The number of ether oxygens (including phenoxy) is 1. The molecule has 0 bridgehead atoms. The van der Waals surface area contributed by atoms with Gasteiger partial charge < -0.3 is 20.7 Å². The van der Waals surface area contributed by atoms with Crippen molar-refractivity contribution in [3.8, 4) is 5.88 Å². The van der Waals surface area contributed by atoms with Crippen LogP contribution in [-0.2, 0) is 11.3 Å². The van der Waals surface area contributed by atoms with Gasteiger partial charge in [-0.15, -0.1) is 24.0 Å². The molecule has 1 aliphatic rings. The minimum atomic E-state index is -0.229. The van der Waals surface area contributed by atoms with E-state index in [0.717, 1.165) is 44.0 Å². The highest BCUT2D eigenvalue weighted by Crippen LogP contribution is 2.19. The molecule has 0 aromatic carbocycles. The smallest absolute Gasteiger partial charge is 0.217 e. The van der Waals surface area contributed by atoms with Gasteiger partial charge in [-0.05, 0) is 31.2 Å². The van der Waals surface area contributed by atoms with Gasteiger partial charge in [0.1, 0.15) is 0 Å². The number of carbonyl (C=O) groups is 1. The molecule has 0 radical (unpaired) electrons. The fraction of sp³-hybridized carbons (Fsp3) is 0.588. The number of hydrogen-bond donors (Lipinski definition) is 2. The van der Waals surface area contributed by atoms with E-state index in [-0.39, 0.29) is 29.9 Å². The summed E-state index contributed by atoms with van der Waals surface area (Å²) < 4.78 is 5.07. The molecule has 1 atom stereocenters. The van der Waals surface area contributed by atoms with E-state index >= 15 is 0 Å². The largest absolute Gasteiger partial charge is 0.481 e. The number of methoxy groups -OCH3 is 1. The third-order valence-electron chi connectivity index (χ3n) is 4.06. The van der Waals surface area contributed by atoms with Crippen molar-refractivity contribution in [3.63, 3.8) is 0 Å². The average Bonchev–Trinajstić information content (AvgIpc) is 2.58. The van der Waals surface area contributed by atoms with Gasteiger partial charge in [-0.2, -0.15) is 0 Å². The molecule has 1 amide bonds. The standard InChI is InChI=1S/C17H27N5O2.HI/c1-3-19-17(21-11-14-6-7-16(24-2)20-10-14)22-8-4-5-13(12-22)9-15(18)23;/h6-7,10,13H,3-5,8-9,11-12H2,1-2H3,(H2,18,23)(H,19,21);1H. The Balaban J connectivity index is 0.00000312. The molecule has 1 aliphatic heterocycles. The summed E-state index contributed by atoms with van der Waals surface area (Å²) in [6, 6.07) is 3.80. The van der Waals surface area contributed by atoms with Crippen molar-refractivity contribution in [3.05, 3.63) is 23.9 Å². The van der Waals surface area contributed by atoms with E-state index in [1.807, 2.05) is 12.1 Å². The van der Waals surface area contributed by atoms with Gasteiger partial charge in [0.15, 0.2) is 5.96 Å². The Bertz CT molecular complexity index is 565. The van der Waals surface area contributed by atoms with Gasteiger partial charge in [0.2, 0.25) is 11.8 Å². The predicted molar refractivity (Wildman–Crippen MR) is 109 cm³/mol. The van der Waals surface area contributed by atoms with Crippen molar-refractivity contribution < 1.29 is 9.53 Å². The first-order valence-corrected chi connectivity index (χ1v) is 8.42. The number of likely N-dealkylation sites (tertiary alicyclic amines) is 1. The van der Waals surface area contributed by atoms with Crippen LogP contribution in [0.2, 0.25) is 0 Å². The molecule has 3 N–H and O–H groups in total. The SMILES string of the molecule is CCNC(=NCc1ccc(OC)nc1)N1CCCC(CC(N)=O)C1.I. The number of nitrogens with two attached hydrogens (primary N) is 1. The maximum atomic E-state index is 11.2. The van der Waals surface area contributed by atoms with E-state index in [2.05, 4.69) is 22.1 Å². The number of nitrogens with zero attached hydrogens (tertiary/aromatic N) is 3. The van der Waals surface area contributed by atoms with Crippen molar-refractivity contribution in [2.24, 2.45) is 16.6 Å². The summed E-state index contributed by atoms with van der Waals surface area (Å²) in [5, 5.41) is 3.33. The molecule has 7 nitrogen and oxygen atoms in total. The molecule has 0 spiro atoms. The second-order valence-electron chi connectivity index (χ2n) is 6.00. The van der Waals surface area contributed by atoms with Crippen LogP contribution in [0, 0.1) is 5.92 Å². The molecule has 140 valence electrons. The van der Waals surface area contributed by atoms with Crippen LogP contribution < -0.4 is 15.8 Å². The summed E-state index contributed by atoms with van der Waals surface area (Å²) in [4.78, 5) is 22.3. The second-order valence-corrected chi connectivity index (χ2v) is 6.00. The monoisotopic (exact) mass is 461 g/mol. The van der Waals surface area contributed by atoms with Gasteiger partial charge in [-0.3, -0.25) is 4.79 Å². The van der Waals surface area contributed by atoms with Gasteiger partial charge in [0, 0.05) is 38.3 Å². The number of aromatic nitrogens is 1. The van der Waals surface area contributed by atoms with Crippen molar-refractivity contribution in [2.45, 2.75) is 32.7 Å². The van der Waals surface area contributed by atoms with Crippen LogP contribution in [0.5, 0.6) is 5.88 Å². The van der Waals surface area contributed by atoms with Gasteiger partial charge in [0.25, 0.3) is 0 Å². The molecule has 0 saturated carbocycles. The quantitative estimate of drug-likeness (QED) is 0.383. The van der Waals surface area contributed by atoms with E-state index in [4.69, 9.17) is 15.5 Å². The maximum absolute atomic E-state index is 11.2. The number of primary amides is 1. The average molecular weight is 461 g/mol. The van der Waals surface area contributed by atoms with E-state index < -0.39 is 0 Å². The second kappa shape index (κ2) is 11.1. The van der Waals surface area contributed by atoms with E-state index in [1.54, 1.807) is 13.3 Å². The lowest BCUT2D eigenvalue weighted by atomic mass is 9.95. The Morgan fingerprint density at radius 2 is 2.32 bits per heavy atom. The van der Waals surface area contributed by atoms with Crippen LogP contribution in [0.3, 0.4) is 0 Å². The first-order valence-electron chi connectivity index (χ1n) is 8.42. The molecule has 0 aliphatic carbocycles. The Morgan fingerprint density at radius 1 is 1.52 bits per heavy atom. The fourth-order valence-electron chi connectivity index (χ4n) is 2.93. The number of rotatable bonds is 6. The molecule has 1 saturated heterocycles. The zero-order chi connectivity index (χ0) is 17.4. The lowest BCUT2D eigenvalue weighted by Crippen LogP contribution is -2.47. The molecule has 1 aromatic heterocycles. The Morgan fingerprint density at radius 3 is 2.92 bits per heavy atom. The van der Waals surface area contributed by atoms with Gasteiger partial charge >= 0.3 is 0 Å². The van der Waals surface area contributed by atoms with Crippen LogP contribution in [0.4, 0.5) is 0 Å². The highest BCUT2D eigenvalue weighted by Gasteiger charge is 2.23. The summed E-state index contributed by atoms with van der Waals surface area (Å²) in [6.07, 6.45) is 4.31. The number of guanidine groups is 1. The number of aliphatic imine (C=N–C) groups is 1. The lowest BCUT2D eigenvalue weighted by Gasteiger charge is -2.34. The summed E-state index contributed by atoms with van der Waals surface area (Å²) in [7, 11) is 1.60. The molecule has 2 rings (SSSR count). The Kier molecular flexibility index (Phi) is 9.54. The zero-order valence-electron chi connectivity index (χ0n) is 14.9. The van der Waals surface area contributed by atoms with E-state index in [9.17, 15) is 4.79 Å². The van der Waals surface area contributed by atoms with Crippen LogP contribution >= 0.6 is 24.0 Å². The fourth-order valence-corrected chi connectivity index (χ4v) is 2.93. The first kappa shape index (κ1) is 21.5. The van der Waals surface area contributed by atoms with Crippen LogP contribution in [-0.4, -0.2) is 48.5 Å². The lowest BCUT2D eigenvalue weighted by molar-refractivity contribution is -0.119. The maximum Gasteiger partial charge on any atom is 0.217 e. The highest BCUT2D eigenvalue weighted by molar-refractivity contribution is 14.0. The normalized spacial score (nSPS) is 17.6. The third-order valence-corrected chi connectivity index (χ3v) is 4.06. The molecule has 25 heavy (non-hydrogen) atoms. The molecule has 2 heterocycles. The molecular formula is C17H28IN5O2. The number of amides is 1. The van der Waals surface area contributed by atoms with Crippen molar-refractivity contribution in [2.75, 3.05) is 26.7 Å². The molecule has 1 aromatic rings. The molecular weight excluding hydrogens is 433 g/mol. The van der Waals surface area contributed by atoms with Crippen LogP contribution in [0.15, 0.2) is 23.3 Å². The summed E-state index contributed by atoms with van der Waals surface area (Å²) in [5.74, 6) is 1.55. The van der Waals surface area contributed by atoms with Crippen LogP contribution in [0.25, 0.3) is 0 Å². The Hall–Kier alpha value is -1.58. The highest BCUT2D eigenvalue weighted by atomic mass is 127. The zero-order valence-corrected chi connectivity index (χ0v) is 17.2. The number of hydrogen-bond acceptors (Lipinski definition) is 4. The predicted octanol–water partition coefficient (Wildman–Crippen LogP) is 1.76. The number of halogens is 1. The van der Waals surface area contributed by atoms with Gasteiger partial charge in [0.05, 0.1) is 13.7 Å². The minimum Gasteiger partial charge on any atom is -0.481 e. The number of piperidine rings is 1.